The highest BCUT2D eigenvalue weighted by atomic mass is 16.2. The molecule has 1 saturated heterocycles. The Kier molecular flexibility index (Phi) is 4.48. The Morgan fingerprint density at radius 1 is 1.14 bits per heavy atom. The summed E-state index contributed by atoms with van der Waals surface area (Å²) in [6.07, 6.45) is 4.40. The van der Waals surface area contributed by atoms with Crippen molar-refractivity contribution in [1.82, 2.24) is 15.1 Å². The van der Waals surface area contributed by atoms with Gasteiger partial charge in [-0.05, 0) is 25.2 Å². The molecule has 2 aliphatic carbocycles. The molecule has 1 heterocycles. The van der Waals surface area contributed by atoms with Gasteiger partial charge in [0.25, 0.3) is 0 Å². The van der Waals surface area contributed by atoms with Gasteiger partial charge in [-0.1, -0.05) is 13.3 Å². The van der Waals surface area contributed by atoms with E-state index in [1.807, 2.05) is 4.90 Å². The van der Waals surface area contributed by atoms with E-state index < -0.39 is 0 Å². The average Bonchev–Trinajstić information content (AvgIpc) is 3.14. The van der Waals surface area contributed by atoms with Gasteiger partial charge in [0.15, 0.2) is 0 Å². The zero-order valence-electron chi connectivity index (χ0n) is 13.0. The molecule has 0 aromatic carbocycles. The van der Waals surface area contributed by atoms with Crippen molar-refractivity contribution in [2.75, 3.05) is 39.3 Å². The van der Waals surface area contributed by atoms with E-state index in [1.165, 1.54) is 6.42 Å². The van der Waals surface area contributed by atoms with Crippen molar-refractivity contribution in [3.63, 3.8) is 0 Å². The maximum Gasteiger partial charge on any atom is 0.226 e. The summed E-state index contributed by atoms with van der Waals surface area (Å²) in [7, 11) is 0. The topological polar surface area (TPSA) is 52.7 Å². The zero-order valence-corrected chi connectivity index (χ0v) is 13.0. The first-order chi connectivity index (χ1) is 10.1. The molecular formula is C16H27N3O2. The van der Waals surface area contributed by atoms with Gasteiger partial charge in [-0.2, -0.15) is 0 Å². The van der Waals surface area contributed by atoms with Crippen LogP contribution in [0.2, 0.25) is 0 Å². The van der Waals surface area contributed by atoms with E-state index in [2.05, 4.69) is 17.1 Å². The van der Waals surface area contributed by atoms with Crippen molar-refractivity contribution < 1.29 is 9.59 Å². The first-order valence-corrected chi connectivity index (χ1v) is 8.44. The number of nitrogens with zero attached hydrogens (tertiary/aromatic N) is 2. The van der Waals surface area contributed by atoms with Crippen LogP contribution in [-0.2, 0) is 9.59 Å². The molecule has 5 nitrogen and oxygen atoms in total. The maximum atomic E-state index is 12.1. The summed E-state index contributed by atoms with van der Waals surface area (Å²) >= 11 is 0. The van der Waals surface area contributed by atoms with Gasteiger partial charge in [-0.3, -0.25) is 14.5 Å². The Morgan fingerprint density at radius 2 is 1.81 bits per heavy atom. The lowest BCUT2D eigenvalue weighted by Crippen LogP contribution is -2.51. The van der Waals surface area contributed by atoms with E-state index in [4.69, 9.17) is 0 Å². The molecule has 0 unspecified atom stereocenters. The molecule has 2 amide bonds. The fourth-order valence-electron chi connectivity index (χ4n) is 3.24. The number of piperazine rings is 1. The first kappa shape index (κ1) is 14.8. The molecular weight excluding hydrogens is 266 g/mol. The van der Waals surface area contributed by atoms with E-state index >= 15 is 0 Å². The van der Waals surface area contributed by atoms with Gasteiger partial charge in [-0.25, -0.2) is 0 Å². The molecule has 0 bridgehead atoms. The molecule has 3 aliphatic rings. The molecule has 0 radical (unpaired) electrons. The molecule has 2 saturated carbocycles. The summed E-state index contributed by atoms with van der Waals surface area (Å²) in [6, 6.07) is 0. The number of hydrogen-bond donors (Lipinski definition) is 1. The summed E-state index contributed by atoms with van der Waals surface area (Å²) in [4.78, 5) is 28.3. The lowest BCUT2D eigenvalue weighted by Gasteiger charge is -2.35. The lowest BCUT2D eigenvalue weighted by atomic mass is 9.85. The van der Waals surface area contributed by atoms with Crippen molar-refractivity contribution >= 4 is 11.8 Å². The van der Waals surface area contributed by atoms with Crippen LogP contribution in [0, 0.1) is 17.8 Å². The van der Waals surface area contributed by atoms with Gasteiger partial charge in [-0.15, -0.1) is 0 Å². The van der Waals surface area contributed by atoms with Crippen LogP contribution in [0.15, 0.2) is 0 Å². The zero-order chi connectivity index (χ0) is 14.8. The second kappa shape index (κ2) is 6.34. The van der Waals surface area contributed by atoms with Crippen LogP contribution in [0.5, 0.6) is 0 Å². The quantitative estimate of drug-likeness (QED) is 0.812. The second-order valence-electron chi connectivity index (χ2n) is 6.91. The van der Waals surface area contributed by atoms with Gasteiger partial charge < -0.3 is 10.2 Å². The highest BCUT2D eigenvalue weighted by Gasteiger charge is 2.41. The van der Waals surface area contributed by atoms with Crippen molar-refractivity contribution in [2.45, 2.75) is 32.6 Å². The van der Waals surface area contributed by atoms with Crippen LogP contribution < -0.4 is 5.32 Å². The highest BCUT2D eigenvalue weighted by Crippen LogP contribution is 2.39. The smallest absolute Gasteiger partial charge is 0.226 e. The van der Waals surface area contributed by atoms with Gasteiger partial charge >= 0.3 is 0 Å². The van der Waals surface area contributed by atoms with Gasteiger partial charge in [0.05, 0.1) is 0 Å². The number of carbonyl (C=O) groups is 2. The standard InChI is InChI=1S/C16H27N3O2/c1-12-11-14(12)16(21)19-9-7-18(8-10-19)6-5-17-15(20)13-3-2-4-13/h12-14H,2-11H2,1H3,(H,17,20)/t12-,14-/m1/s1. The molecule has 1 N–H and O–H groups in total. The highest BCUT2D eigenvalue weighted by molar-refractivity contribution is 5.81. The Bertz CT molecular complexity index is 398. The van der Waals surface area contributed by atoms with E-state index in [9.17, 15) is 9.59 Å². The molecule has 0 spiro atoms. The Balaban J connectivity index is 1.30. The predicted molar refractivity (Wildman–Crippen MR) is 80.6 cm³/mol. The van der Waals surface area contributed by atoms with Gasteiger partial charge in [0, 0.05) is 51.1 Å². The number of nitrogens with one attached hydrogen (secondary N) is 1. The summed E-state index contributed by atoms with van der Waals surface area (Å²) in [5.41, 5.74) is 0. The lowest BCUT2D eigenvalue weighted by molar-refractivity contribution is -0.134. The molecule has 5 heteroatoms. The normalized spacial score (nSPS) is 29.9. The maximum absolute atomic E-state index is 12.1. The number of rotatable bonds is 5. The third-order valence-electron chi connectivity index (χ3n) is 5.31. The molecule has 21 heavy (non-hydrogen) atoms. The molecule has 0 aromatic heterocycles. The monoisotopic (exact) mass is 293 g/mol. The third kappa shape index (κ3) is 3.57. The third-order valence-corrected chi connectivity index (χ3v) is 5.31. The van der Waals surface area contributed by atoms with Crippen molar-refractivity contribution in [3.05, 3.63) is 0 Å². The van der Waals surface area contributed by atoms with Crippen molar-refractivity contribution in [2.24, 2.45) is 17.8 Å². The van der Waals surface area contributed by atoms with Crippen LogP contribution in [0.25, 0.3) is 0 Å². The van der Waals surface area contributed by atoms with Crippen LogP contribution in [0.1, 0.15) is 32.6 Å². The van der Waals surface area contributed by atoms with Crippen LogP contribution in [0.3, 0.4) is 0 Å². The van der Waals surface area contributed by atoms with Crippen molar-refractivity contribution in [3.8, 4) is 0 Å². The summed E-state index contributed by atoms with van der Waals surface area (Å²) in [6.45, 7) is 7.36. The predicted octanol–water partition coefficient (Wildman–Crippen LogP) is 0.703. The average molecular weight is 293 g/mol. The van der Waals surface area contributed by atoms with E-state index in [0.717, 1.165) is 58.5 Å². The van der Waals surface area contributed by atoms with E-state index in [-0.39, 0.29) is 11.8 Å². The second-order valence-corrected chi connectivity index (χ2v) is 6.91. The van der Waals surface area contributed by atoms with Crippen LogP contribution >= 0.6 is 0 Å². The van der Waals surface area contributed by atoms with E-state index in [0.29, 0.717) is 17.7 Å². The minimum absolute atomic E-state index is 0.234. The summed E-state index contributed by atoms with van der Waals surface area (Å²) < 4.78 is 0. The molecule has 1 aliphatic heterocycles. The first-order valence-electron chi connectivity index (χ1n) is 8.44. The Morgan fingerprint density at radius 3 is 2.33 bits per heavy atom. The fraction of sp³-hybridized carbons (Fsp3) is 0.875. The molecule has 3 rings (SSSR count). The Labute approximate surface area is 127 Å². The van der Waals surface area contributed by atoms with Crippen LogP contribution in [0.4, 0.5) is 0 Å². The summed E-state index contributed by atoms with van der Waals surface area (Å²) in [5.74, 6) is 1.77. The van der Waals surface area contributed by atoms with Crippen molar-refractivity contribution in [1.29, 1.82) is 0 Å². The molecule has 0 aromatic rings. The van der Waals surface area contributed by atoms with Gasteiger partial charge in [0.2, 0.25) is 11.8 Å². The number of amides is 2. The minimum atomic E-state index is 0.234. The number of hydrogen-bond acceptors (Lipinski definition) is 3. The van der Waals surface area contributed by atoms with Crippen LogP contribution in [-0.4, -0.2) is 60.9 Å². The van der Waals surface area contributed by atoms with E-state index in [1.54, 1.807) is 0 Å². The molecule has 2 atom stereocenters. The largest absolute Gasteiger partial charge is 0.355 e. The molecule has 118 valence electrons. The molecule has 3 fully saturated rings. The minimum Gasteiger partial charge on any atom is -0.355 e. The Hall–Kier alpha value is -1.10. The fourth-order valence-corrected chi connectivity index (χ4v) is 3.24. The summed E-state index contributed by atoms with van der Waals surface area (Å²) in [5, 5.41) is 3.04. The SMILES string of the molecule is C[C@@H]1C[C@H]1C(=O)N1CCN(CCNC(=O)C2CCC2)CC1. The number of carbonyl (C=O) groups excluding carboxylic acids is 2. The van der Waals surface area contributed by atoms with Gasteiger partial charge in [0.1, 0.15) is 0 Å².